The Morgan fingerprint density at radius 3 is 2.75 bits per heavy atom. The molecule has 0 bridgehead atoms. The van der Waals surface area contributed by atoms with Crippen molar-refractivity contribution in [1.29, 1.82) is 5.41 Å². The quantitative estimate of drug-likeness (QED) is 0.554. The second-order valence-electron chi connectivity index (χ2n) is 4.61. The lowest BCUT2D eigenvalue weighted by Gasteiger charge is -2.20. The van der Waals surface area contributed by atoms with Gasteiger partial charge in [-0.25, -0.2) is 0 Å². The molecule has 1 aliphatic rings. The van der Waals surface area contributed by atoms with Gasteiger partial charge in [0, 0.05) is 5.56 Å². The molecule has 102 valence electrons. The number of rotatable bonds is 1. The summed E-state index contributed by atoms with van der Waals surface area (Å²) in [7, 11) is 0. The minimum Gasteiger partial charge on any atom is -0.383 e. The summed E-state index contributed by atoms with van der Waals surface area (Å²) in [6, 6.07) is 7.72. The largest absolute Gasteiger partial charge is 0.383 e. The number of aliphatic imine (C=N–C) groups is 1. The maximum Gasteiger partial charge on any atom is 0.214 e. The lowest BCUT2D eigenvalue weighted by atomic mass is 9.94. The second kappa shape index (κ2) is 4.77. The Kier molecular flexibility index (Phi) is 3.08. The van der Waals surface area contributed by atoms with Crippen LogP contribution in [0.5, 0.6) is 0 Å². The van der Waals surface area contributed by atoms with Crippen molar-refractivity contribution in [1.82, 2.24) is 0 Å². The zero-order chi connectivity index (χ0) is 14.3. The van der Waals surface area contributed by atoms with Gasteiger partial charge >= 0.3 is 0 Å². The van der Waals surface area contributed by atoms with Crippen LogP contribution in [0.15, 0.2) is 29.3 Å². The first kappa shape index (κ1) is 12.9. The molecule has 0 radical (unpaired) electrons. The number of hydrogen-bond donors (Lipinski definition) is 3. The summed E-state index contributed by atoms with van der Waals surface area (Å²) in [5.74, 6) is -0.194. The van der Waals surface area contributed by atoms with Crippen LogP contribution in [0.3, 0.4) is 0 Å². The number of nitrogens with one attached hydrogen (secondary N) is 1. The van der Waals surface area contributed by atoms with Crippen molar-refractivity contribution >= 4 is 34.2 Å². The number of nitrogens with two attached hydrogens (primary N) is 2. The van der Waals surface area contributed by atoms with E-state index in [0.717, 1.165) is 21.9 Å². The number of halogens is 1. The maximum absolute atomic E-state index is 7.23. The molecule has 0 amide bonds. The Morgan fingerprint density at radius 1 is 1.25 bits per heavy atom. The van der Waals surface area contributed by atoms with Crippen molar-refractivity contribution in [2.45, 2.75) is 13.2 Å². The van der Waals surface area contributed by atoms with Gasteiger partial charge in [-0.1, -0.05) is 29.8 Å². The molecule has 1 aliphatic heterocycles. The normalized spacial score (nSPS) is 14.6. The van der Waals surface area contributed by atoms with E-state index in [1.807, 2.05) is 24.3 Å². The van der Waals surface area contributed by atoms with E-state index >= 15 is 0 Å². The zero-order valence-corrected chi connectivity index (χ0v) is 11.4. The number of hydrogen-bond acceptors (Lipinski definition) is 2. The van der Waals surface area contributed by atoms with Gasteiger partial charge in [0.15, 0.2) is 0 Å². The molecule has 0 saturated heterocycles. The van der Waals surface area contributed by atoms with Crippen LogP contribution in [0.1, 0.15) is 16.7 Å². The maximum atomic E-state index is 7.23. The van der Waals surface area contributed by atoms with Crippen molar-refractivity contribution in [2.24, 2.45) is 16.5 Å². The van der Waals surface area contributed by atoms with Crippen molar-refractivity contribution in [3.8, 4) is 0 Å². The first-order chi connectivity index (χ1) is 9.58. The Balaban J connectivity index is 2.37. The summed E-state index contributed by atoms with van der Waals surface area (Å²) in [6.07, 6.45) is 0. The Hall–Kier alpha value is -2.11. The van der Waals surface area contributed by atoms with Gasteiger partial charge in [-0.2, -0.15) is 4.99 Å². The van der Waals surface area contributed by atoms with Gasteiger partial charge in [-0.3, -0.25) is 5.41 Å². The fraction of sp³-hybridized carbons (Fsp3) is 0.143. The third-order valence-electron chi connectivity index (χ3n) is 3.29. The minimum absolute atomic E-state index is 0.151. The molecule has 2 aromatic rings. The van der Waals surface area contributed by atoms with Gasteiger partial charge in [0.1, 0.15) is 5.84 Å². The van der Waals surface area contributed by atoms with E-state index in [-0.39, 0.29) is 11.8 Å². The fourth-order valence-corrected chi connectivity index (χ4v) is 2.90. The Morgan fingerprint density at radius 2 is 2.00 bits per heavy atom. The average Bonchev–Trinajstić information content (AvgIpc) is 2.38. The molecule has 0 saturated carbocycles. The summed E-state index contributed by atoms with van der Waals surface area (Å²) in [5.41, 5.74) is 14.0. The fourth-order valence-electron chi connectivity index (χ4n) is 2.56. The van der Waals surface area contributed by atoms with Crippen molar-refractivity contribution < 1.29 is 4.74 Å². The standard InChI is InChI=1S/C14H13ClN4O/c15-10-4-8-6-20-5-7-2-1-3-9(11(7)8)12(10)13(16)19-14(17)18/h1-4H,5-6H2,(H5,16,17,18,19). The molecule has 5 N–H and O–H groups in total. The van der Waals surface area contributed by atoms with Crippen LogP contribution in [0, 0.1) is 5.41 Å². The minimum atomic E-state index is -0.345. The van der Waals surface area contributed by atoms with Crippen molar-refractivity contribution in [3.63, 3.8) is 0 Å². The highest BCUT2D eigenvalue weighted by Crippen LogP contribution is 2.34. The third-order valence-corrected chi connectivity index (χ3v) is 3.59. The highest BCUT2D eigenvalue weighted by molar-refractivity contribution is 6.36. The Bertz CT molecular complexity index is 754. The predicted molar refractivity (Wildman–Crippen MR) is 80.1 cm³/mol. The van der Waals surface area contributed by atoms with E-state index in [1.165, 1.54) is 0 Å². The first-order valence-electron chi connectivity index (χ1n) is 6.07. The summed E-state index contributed by atoms with van der Waals surface area (Å²) >= 11 is 6.31. The molecule has 6 heteroatoms. The van der Waals surface area contributed by atoms with Crippen LogP contribution in [-0.2, 0) is 18.0 Å². The van der Waals surface area contributed by atoms with Crippen LogP contribution in [0.25, 0.3) is 10.8 Å². The lowest BCUT2D eigenvalue weighted by Crippen LogP contribution is -2.20. The molecule has 0 fully saturated rings. The predicted octanol–water partition coefficient (Wildman–Crippen LogP) is 2.12. The van der Waals surface area contributed by atoms with Crippen molar-refractivity contribution in [3.05, 3.63) is 46.0 Å². The molecular formula is C14H13ClN4O. The number of ether oxygens (including phenoxy) is 1. The number of benzene rings is 2. The van der Waals surface area contributed by atoms with Gasteiger partial charge in [-0.15, -0.1) is 0 Å². The van der Waals surface area contributed by atoms with E-state index in [4.69, 9.17) is 33.2 Å². The van der Waals surface area contributed by atoms with E-state index in [1.54, 1.807) is 0 Å². The van der Waals surface area contributed by atoms with Crippen molar-refractivity contribution in [2.75, 3.05) is 0 Å². The van der Waals surface area contributed by atoms with Crippen LogP contribution >= 0.6 is 11.6 Å². The first-order valence-corrected chi connectivity index (χ1v) is 6.45. The highest BCUT2D eigenvalue weighted by Gasteiger charge is 2.19. The van der Waals surface area contributed by atoms with E-state index in [9.17, 15) is 0 Å². The molecule has 0 unspecified atom stereocenters. The molecule has 20 heavy (non-hydrogen) atoms. The second-order valence-corrected chi connectivity index (χ2v) is 5.01. The molecule has 0 spiro atoms. The molecule has 0 atom stereocenters. The van der Waals surface area contributed by atoms with Gasteiger partial charge in [0.05, 0.1) is 18.2 Å². The van der Waals surface area contributed by atoms with Gasteiger partial charge in [0.2, 0.25) is 5.96 Å². The van der Waals surface area contributed by atoms with E-state index in [2.05, 4.69) is 4.99 Å². The summed E-state index contributed by atoms with van der Waals surface area (Å²) in [6.45, 7) is 1.09. The smallest absolute Gasteiger partial charge is 0.214 e. The zero-order valence-electron chi connectivity index (χ0n) is 10.6. The summed E-state index contributed by atoms with van der Waals surface area (Å²) in [5, 5.41) is 9.73. The molecular weight excluding hydrogens is 276 g/mol. The van der Waals surface area contributed by atoms with Crippen LogP contribution in [0.2, 0.25) is 5.02 Å². The molecule has 0 aromatic heterocycles. The van der Waals surface area contributed by atoms with Crippen LogP contribution in [0.4, 0.5) is 0 Å². The van der Waals surface area contributed by atoms with E-state index in [0.29, 0.717) is 23.8 Å². The van der Waals surface area contributed by atoms with Crippen LogP contribution < -0.4 is 11.5 Å². The monoisotopic (exact) mass is 288 g/mol. The highest BCUT2D eigenvalue weighted by atomic mass is 35.5. The lowest BCUT2D eigenvalue weighted by molar-refractivity contribution is 0.103. The van der Waals surface area contributed by atoms with Crippen LogP contribution in [-0.4, -0.2) is 11.8 Å². The summed E-state index contributed by atoms with van der Waals surface area (Å²) < 4.78 is 5.53. The van der Waals surface area contributed by atoms with Gasteiger partial charge in [0.25, 0.3) is 0 Å². The topological polar surface area (TPSA) is 97.5 Å². The molecule has 2 aromatic carbocycles. The molecule has 5 nitrogen and oxygen atoms in total. The third kappa shape index (κ3) is 2.01. The van der Waals surface area contributed by atoms with Gasteiger partial charge < -0.3 is 16.2 Å². The van der Waals surface area contributed by atoms with E-state index < -0.39 is 0 Å². The molecule has 3 rings (SSSR count). The molecule has 0 aliphatic carbocycles. The number of amidine groups is 1. The summed E-state index contributed by atoms with van der Waals surface area (Å²) in [4.78, 5) is 3.80. The number of nitrogens with zero attached hydrogens (tertiary/aromatic N) is 1. The van der Waals surface area contributed by atoms with Gasteiger partial charge in [-0.05, 0) is 28.0 Å². The average molecular weight is 289 g/mol. The number of guanidine groups is 1. The molecule has 1 heterocycles. The Labute approximate surface area is 120 Å². The SMILES string of the molecule is N=C(N)/N=C(\N)c1c(Cl)cc2c3c(cccc13)COC2.